The average molecular weight is 300 g/mol. The molecule has 0 radical (unpaired) electrons. The smallest absolute Gasteiger partial charge is 0.225 e. The summed E-state index contributed by atoms with van der Waals surface area (Å²) < 4.78 is 0. The molecule has 3 nitrogen and oxygen atoms in total. The number of nitrogens with zero attached hydrogens (tertiary/aromatic N) is 2. The number of benzene rings is 1. The summed E-state index contributed by atoms with van der Waals surface area (Å²) in [6.45, 7) is 4.43. The maximum Gasteiger partial charge on any atom is 0.225 e. The molecule has 120 valence electrons. The predicted molar refractivity (Wildman–Crippen MR) is 89.6 cm³/mol. The first-order chi connectivity index (χ1) is 10.7. The first-order valence-corrected chi connectivity index (χ1v) is 8.72. The van der Waals surface area contributed by atoms with Crippen molar-refractivity contribution >= 4 is 5.91 Å². The van der Waals surface area contributed by atoms with Crippen LogP contribution in [-0.2, 0) is 4.79 Å². The third-order valence-electron chi connectivity index (χ3n) is 5.61. The molecule has 2 fully saturated rings. The molecule has 1 aliphatic heterocycles. The van der Waals surface area contributed by atoms with E-state index in [0.29, 0.717) is 23.9 Å². The molecule has 0 bridgehead atoms. The van der Waals surface area contributed by atoms with Crippen molar-refractivity contribution in [3.05, 3.63) is 35.9 Å². The third-order valence-corrected chi connectivity index (χ3v) is 5.61. The Morgan fingerprint density at radius 1 is 1.18 bits per heavy atom. The van der Waals surface area contributed by atoms with Gasteiger partial charge < -0.3 is 4.90 Å². The first kappa shape index (κ1) is 15.5. The molecule has 3 heteroatoms. The van der Waals surface area contributed by atoms with E-state index in [9.17, 15) is 4.79 Å². The highest BCUT2D eigenvalue weighted by molar-refractivity contribution is 5.79. The highest BCUT2D eigenvalue weighted by Gasteiger charge is 2.33. The minimum Gasteiger partial charge on any atom is -0.341 e. The quantitative estimate of drug-likeness (QED) is 0.850. The Balaban J connectivity index is 1.62. The van der Waals surface area contributed by atoms with Crippen molar-refractivity contribution in [1.29, 1.82) is 0 Å². The van der Waals surface area contributed by atoms with E-state index in [4.69, 9.17) is 0 Å². The van der Waals surface area contributed by atoms with Crippen molar-refractivity contribution in [1.82, 2.24) is 9.80 Å². The van der Waals surface area contributed by atoms with E-state index in [1.54, 1.807) is 0 Å². The van der Waals surface area contributed by atoms with Gasteiger partial charge in [-0.3, -0.25) is 9.69 Å². The normalized spacial score (nSPS) is 24.5. The SMILES string of the molecule is CC(c1ccccc1)N1CCCC(N(C)C(=O)C2CCC2)C1. The molecule has 22 heavy (non-hydrogen) atoms. The second kappa shape index (κ2) is 6.82. The number of piperidine rings is 1. The number of amides is 1. The Morgan fingerprint density at radius 2 is 1.91 bits per heavy atom. The van der Waals surface area contributed by atoms with Crippen LogP contribution in [-0.4, -0.2) is 41.9 Å². The van der Waals surface area contributed by atoms with Crippen molar-refractivity contribution < 1.29 is 4.79 Å². The lowest BCUT2D eigenvalue weighted by Crippen LogP contribution is -2.51. The Bertz CT molecular complexity index is 497. The summed E-state index contributed by atoms with van der Waals surface area (Å²) in [7, 11) is 2.02. The van der Waals surface area contributed by atoms with Crippen LogP contribution in [0.3, 0.4) is 0 Å². The molecule has 1 heterocycles. The molecule has 3 rings (SSSR count). The molecule has 0 aromatic heterocycles. The van der Waals surface area contributed by atoms with E-state index in [1.165, 1.54) is 18.4 Å². The monoisotopic (exact) mass is 300 g/mol. The van der Waals surface area contributed by atoms with Crippen molar-refractivity contribution in [2.24, 2.45) is 5.92 Å². The van der Waals surface area contributed by atoms with Crippen molar-refractivity contribution in [2.75, 3.05) is 20.1 Å². The highest BCUT2D eigenvalue weighted by Crippen LogP contribution is 2.30. The van der Waals surface area contributed by atoms with Gasteiger partial charge in [-0.25, -0.2) is 0 Å². The van der Waals surface area contributed by atoms with Gasteiger partial charge in [-0.15, -0.1) is 0 Å². The Hall–Kier alpha value is -1.35. The maximum absolute atomic E-state index is 12.5. The molecule has 2 atom stereocenters. The van der Waals surface area contributed by atoms with Crippen LogP contribution < -0.4 is 0 Å². The van der Waals surface area contributed by atoms with Crippen LogP contribution in [0.4, 0.5) is 0 Å². The average Bonchev–Trinajstić information content (AvgIpc) is 2.52. The fraction of sp³-hybridized carbons (Fsp3) is 0.632. The van der Waals surface area contributed by atoms with Gasteiger partial charge in [-0.2, -0.15) is 0 Å². The summed E-state index contributed by atoms with van der Waals surface area (Å²) in [5.41, 5.74) is 1.37. The Morgan fingerprint density at radius 3 is 2.55 bits per heavy atom. The number of rotatable bonds is 4. The molecule has 1 aromatic carbocycles. The summed E-state index contributed by atoms with van der Waals surface area (Å²) in [4.78, 5) is 17.1. The summed E-state index contributed by atoms with van der Waals surface area (Å²) >= 11 is 0. The standard InChI is InChI=1S/C19H28N2O/c1-15(16-8-4-3-5-9-16)21-13-7-12-18(14-21)20(2)19(22)17-10-6-11-17/h3-5,8-9,15,17-18H,6-7,10-14H2,1-2H3. The topological polar surface area (TPSA) is 23.6 Å². The number of carbonyl (C=O) groups excluding carboxylic acids is 1. The van der Waals surface area contributed by atoms with Gasteiger partial charge in [0.15, 0.2) is 0 Å². The molecule has 1 saturated heterocycles. The van der Waals surface area contributed by atoms with Gasteiger partial charge in [-0.1, -0.05) is 36.8 Å². The summed E-state index contributed by atoms with van der Waals surface area (Å²) in [5, 5.41) is 0. The van der Waals surface area contributed by atoms with Gasteiger partial charge in [0.1, 0.15) is 0 Å². The molecule has 1 aliphatic carbocycles. The number of hydrogen-bond donors (Lipinski definition) is 0. The van der Waals surface area contributed by atoms with Crippen LogP contribution in [0.15, 0.2) is 30.3 Å². The van der Waals surface area contributed by atoms with E-state index in [0.717, 1.165) is 32.4 Å². The lowest BCUT2D eigenvalue weighted by atomic mass is 9.84. The molecule has 2 unspecified atom stereocenters. The number of likely N-dealkylation sites (N-methyl/N-ethyl adjacent to an activating group) is 1. The minimum absolute atomic E-state index is 0.312. The van der Waals surface area contributed by atoms with E-state index in [2.05, 4.69) is 42.2 Å². The first-order valence-electron chi connectivity index (χ1n) is 8.72. The molecule has 2 aliphatic rings. The fourth-order valence-electron chi connectivity index (χ4n) is 3.72. The zero-order valence-corrected chi connectivity index (χ0v) is 13.9. The van der Waals surface area contributed by atoms with Crippen LogP contribution in [0.2, 0.25) is 0 Å². The van der Waals surface area contributed by atoms with E-state index < -0.39 is 0 Å². The summed E-state index contributed by atoms with van der Waals surface area (Å²) in [6, 6.07) is 11.5. The minimum atomic E-state index is 0.312. The zero-order valence-electron chi connectivity index (χ0n) is 13.9. The fourth-order valence-corrected chi connectivity index (χ4v) is 3.72. The van der Waals surface area contributed by atoms with Gasteiger partial charge >= 0.3 is 0 Å². The van der Waals surface area contributed by atoms with Crippen LogP contribution >= 0.6 is 0 Å². The van der Waals surface area contributed by atoms with E-state index >= 15 is 0 Å². The van der Waals surface area contributed by atoms with Gasteiger partial charge in [-0.05, 0) is 44.7 Å². The lowest BCUT2D eigenvalue weighted by Gasteiger charge is -2.42. The van der Waals surface area contributed by atoms with Crippen LogP contribution in [0.5, 0.6) is 0 Å². The van der Waals surface area contributed by atoms with Crippen LogP contribution in [0.25, 0.3) is 0 Å². The molecule has 0 spiro atoms. The summed E-state index contributed by atoms with van der Waals surface area (Å²) in [5.74, 6) is 0.692. The van der Waals surface area contributed by atoms with Crippen molar-refractivity contribution in [3.63, 3.8) is 0 Å². The van der Waals surface area contributed by atoms with Crippen molar-refractivity contribution in [3.8, 4) is 0 Å². The molecule has 1 aromatic rings. The third kappa shape index (κ3) is 3.19. The number of likely N-dealkylation sites (tertiary alicyclic amines) is 1. The second-order valence-electron chi connectivity index (χ2n) is 6.95. The Kier molecular flexibility index (Phi) is 4.82. The summed E-state index contributed by atoms with van der Waals surface area (Å²) in [6.07, 6.45) is 5.75. The predicted octanol–water partition coefficient (Wildman–Crippen LogP) is 3.47. The van der Waals surface area contributed by atoms with Crippen molar-refractivity contribution in [2.45, 2.75) is 51.1 Å². The number of carbonyl (C=O) groups is 1. The zero-order chi connectivity index (χ0) is 15.5. The van der Waals surface area contributed by atoms with E-state index in [-0.39, 0.29) is 0 Å². The molecule has 1 saturated carbocycles. The largest absolute Gasteiger partial charge is 0.341 e. The molecular weight excluding hydrogens is 272 g/mol. The Labute approximate surface area is 134 Å². The molecular formula is C19H28N2O. The lowest BCUT2D eigenvalue weighted by molar-refractivity contribution is -0.140. The second-order valence-corrected chi connectivity index (χ2v) is 6.95. The molecule has 1 amide bonds. The van der Waals surface area contributed by atoms with Crippen LogP contribution in [0, 0.1) is 5.92 Å². The van der Waals surface area contributed by atoms with E-state index in [1.807, 2.05) is 11.9 Å². The van der Waals surface area contributed by atoms with Gasteiger partial charge in [0.25, 0.3) is 0 Å². The highest BCUT2D eigenvalue weighted by atomic mass is 16.2. The maximum atomic E-state index is 12.5. The van der Waals surface area contributed by atoms with Gasteiger partial charge in [0, 0.05) is 31.6 Å². The number of hydrogen-bond acceptors (Lipinski definition) is 2. The molecule has 0 N–H and O–H groups in total. The van der Waals surface area contributed by atoms with Gasteiger partial charge in [0.2, 0.25) is 5.91 Å². The van der Waals surface area contributed by atoms with Gasteiger partial charge in [0.05, 0.1) is 0 Å². The van der Waals surface area contributed by atoms with Crippen LogP contribution in [0.1, 0.15) is 50.6 Å².